The Morgan fingerprint density at radius 3 is 2.23 bits per heavy atom. The molecule has 1 aromatic carbocycles. The molecular formula is C19H25N3O4. The van der Waals surface area contributed by atoms with E-state index in [0.29, 0.717) is 24.1 Å². The molecule has 0 radical (unpaired) electrons. The van der Waals surface area contributed by atoms with Crippen LogP contribution < -0.4 is 10.6 Å². The van der Waals surface area contributed by atoms with Crippen molar-refractivity contribution in [2.75, 3.05) is 13.1 Å². The minimum Gasteiger partial charge on any atom is -0.354 e. The number of nitrogens with one attached hydrogen (secondary N) is 2. The molecule has 0 bridgehead atoms. The van der Waals surface area contributed by atoms with E-state index in [9.17, 15) is 19.2 Å². The Bertz CT molecular complexity index is 750. The number of amides is 4. The average molecular weight is 359 g/mol. The fourth-order valence-electron chi connectivity index (χ4n) is 2.79. The summed E-state index contributed by atoms with van der Waals surface area (Å²) < 4.78 is 0. The molecule has 4 amide bonds. The van der Waals surface area contributed by atoms with Crippen molar-refractivity contribution in [3.05, 3.63) is 34.9 Å². The fraction of sp³-hybridized carbons (Fsp3) is 0.474. The molecule has 0 spiro atoms. The zero-order valence-corrected chi connectivity index (χ0v) is 15.6. The minimum absolute atomic E-state index is 0.0503. The molecule has 1 aliphatic rings. The molecule has 0 aromatic heterocycles. The van der Waals surface area contributed by atoms with E-state index in [1.807, 2.05) is 6.92 Å². The second kappa shape index (κ2) is 7.68. The van der Waals surface area contributed by atoms with Crippen LogP contribution in [-0.4, -0.2) is 47.2 Å². The van der Waals surface area contributed by atoms with Gasteiger partial charge in [0.2, 0.25) is 5.91 Å². The first-order chi connectivity index (χ1) is 12.2. The van der Waals surface area contributed by atoms with Gasteiger partial charge in [0.05, 0.1) is 11.1 Å². The molecule has 7 heteroatoms. The Hall–Kier alpha value is -2.70. The van der Waals surface area contributed by atoms with E-state index in [2.05, 4.69) is 10.6 Å². The van der Waals surface area contributed by atoms with Crippen LogP contribution in [0.2, 0.25) is 0 Å². The van der Waals surface area contributed by atoms with Gasteiger partial charge in [0.1, 0.15) is 0 Å². The largest absolute Gasteiger partial charge is 0.354 e. The molecule has 0 aliphatic carbocycles. The fourth-order valence-corrected chi connectivity index (χ4v) is 2.79. The maximum Gasteiger partial charge on any atom is 0.262 e. The molecule has 0 saturated carbocycles. The van der Waals surface area contributed by atoms with Crippen LogP contribution in [-0.2, 0) is 4.79 Å². The summed E-state index contributed by atoms with van der Waals surface area (Å²) in [4.78, 5) is 49.8. The van der Waals surface area contributed by atoms with Crippen molar-refractivity contribution < 1.29 is 19.2 Å². The summed E-state index contributed by atoms with van der Waals surface area (Å²) in [5.74, 6) is -1.14. The Kier molecular flexibility index (Phi) is 5.79. The summed E-state index contributed by atoms with van der Waals surface area (Å²) in [5.41, 5.74) is 0.231. The summed E-state index contributed by atoms with van der Waals surface area (Å²) in [7, 11) is 0. The van der Waals surface area contributed by atoms with Crippen LogP contribution >= 0.6 is 0 Å². The maximum absolute atomic E-state index is 12.6. The summed E-state index contributed by atoms with van der Waals surface area (Å²) in [5, 5.41) is 5.40. The van der Waals surface area contributed by atoms with Gasteiger partial charge in [-0.3, -0.25) is 24.1 Å². The number of carbonyl (C=O) groups excluding carboxylic acids is 4. The van der Waals surface area contributed by atoms with Gasteiger partial charge >= 0.3 is 0 Å². The van der Waals surface area contributed by atoms with Crippen molar-refractivity contribution >= 4 is 23.6 Å². The summed E-state index contributed by atoms with van der Waals surface area (Å²) in [6.07, 6.45) is 1.23. The molecule has 0 saturated heterocycles. The van der Waals surface area contributed by atoms with Crippen molar-refractivity contribution in [1.82, 2.24) is 15.5 Å². The standard InChI is InChI=1S/C19H25N3O4/c1-5-6-15(23)20-9-10-21-16(24)12-7-8-13-14(11-12)18(26)22(17(13)25)19(2,3)4/h7-8,11H,5-6,9-10H2,1-4H3,(H,20,23)(H,21,24). The number of nitrogens with zero attached hydrogens (tertiary/aromatic N) is 1. The van der Waals surface area contributed by atoms with Crippen LogP contribution in [0.5, 0.6) is 0 Å². The van der Waals surface area contributed by atoms with Gasteiger partial charge in [0.15, 0.2) is 0 Å². The van der Waals surface area contributed by atoms with Crippen molar-refractivity contribution in [1.29, 1.82) is 0 Å². The lowest BCUT2D eigenvalue weighted by molar-refractivity contribution is -0.121. The molecule has 0 atom stereocenters. The third kappa shape index (κ3) is 4.09. The van der Waals surface area contributed by atoms with Gasteiger partial charge in [-0.2, -0.15) is 0 Å². The average Bonchev–Trinajstić information content (AvgIpc) is 2.82. The van der Waals surface area contributed by atoms with Gasteiger partial charge in [-0.25, -0.2) is 0 Å². The Balaban J connectivity index is 2.03. The first kappa shape index (κ1) is 19.6. The van der Waals surface area contributed by atoms with Crippen LogP contribution in [0.1, 0.15) is 71.6 Å². The van der Waals surface area contributed by atoms with Gasteiger partial charge < -0.3 is 10.6 Å². The molecule has 7 nitrogen and oxygen atoms in total. The lowest BCUT2D eigenvalue weighted by atomic mass is 10.1. The summed E-state index contributed by atoms with van der Waals surface area (Å²) in [6.45, 7) is 7.90. The molecule has 140 valence electrons. The van der Waals surface area contributed by atoms with Crippen LogP contribution in [0.15, 0.2) is 18.2 Å². The third-order valence-electron chi connectivity index (χ3n) is 4.03. The second-order valence-corrected chi connectivity index (χ2v) is 7.23. The number of imide groups is 1. The van der Waals surface area contributed by atoms with E-state index in [1.165, 1.54) is 23.1 Å². The highest BCUT2D eigenvalue weighted by Gasteiger charge is 2.42. The van der Waals surface area contributed by atoms with Gasteiger partial charge in [0.25, 0.3) is 17.7 Å². The van der Waals surface area contributed by atoms with E-state index in [4.69, 9.17) is 0 Å². The van der Waals surface area contributed by atoms with Crippen molar-refractivity contribution in [3.63, 3.8) is 0 Å². The van der Waals surface area contributed by atoms with E-state index in [1.54, 1.807) is 20.8 Å². The number of hydrogen-bond acceptors (Lipinski definition) is 4. The van der Waals surface area contributed by atoms with E-state index < -0.39 is 5.54 Å². The lowest BCUT2D eigenvalue weighted by Gasteiger charge is -2.29. The molecule has 26 heavy (non-hydrogen) atoms. The molecule has 1 heterocycles. The first-order valence-electron chi connectivity index (χ1n) is 8.74. The second-order valence-electron chi connectivity index (χ2n) is 7.23. The SMILES string of the molecule is CCCC(=O)NCCNC(=O)c1ccc2c(c1)C(=O)N(C(C)(C)C)C2=O. The highest BCUT2D eigenvalue weighted by atomic mass is 16.2. The number of rotatable bonds is 6. The Labute approximate surface area is 153 Å². The van der Waals surface area contributed by atoms with E-state index in [-0.39, 0.29) is 35.7 Å². The smallest absolute Gasteiger partial charge is 0.262 e. The summed E-state index contributed by atoms with van der Waals surface area (Å²) in [6, 6.07) is 4.49. The molecule has 2 N–H and O–H groups in total. The normalized spacial score (nSPS) is 13.6. The molecule has 1 aliphatic heterocycles. The monoisotopic (exact) mass is 359 g/mol. The van der Waals surface area contributed by atoms with Crippen LogP contribution in [0, 0.1) is 0 Å². The number of fused-ring (bicyclic) bond motifs is 1. The molecule has 1 aromatic rings. The third-order valence-corrected chi connectivity index (χ3v) is 4.03. The number of carbonyl (C=O) groups is 4. The Morgan fingerprint density at radius 2 is 1.62 bits per heavy atom. The highest BCUT2D eigenvalue weighted by Crippen LogP contribution is 2.29. The Morgan fingerprint density at radius 1 is 1.00 bits per heavy atom. The molecule has 0 fully saturated rings. The van der Waals surface area contributed by atoms with Crippen molar-refractivity contribution in [2.24, 2.45) is 0 Å². The topological polar surface area (TPSA) is 95.6 Å². The zero-order chi connectivity index (χ0) is 19.5. The first-order valence-corrected chi connectivity index (χ1v) is 8.74. The van der Waals surface area contributed by atoms with E-state index >= 15 is 0 Å². The zero-order valence-electron chi connectivity index (χ0n) is 15.6. The molecule has 0 unspecified atom stereocenters. The van der Waals surface area contributed by atoms with Crippen molar-refractivity contribution in [3.8, 4) is 0 Å². The summed E-state index contributed by atoms with van der Waals surface area (Å²) >= 11 is 0. The quantitative estimate of drug-likeness (QED) is 0.597. The highest BCUT2D eigenvalue weighted by molar-refractivity contribution is 6.22. The predicted molar refractivity (Wildman–Crippen MR) is 96.9 cm³/mol. The van der Waals surface area contributed by atoms with Crippen LogP contribution in [0.4, 0.5) is 0 Å². The van der Waals surface area contributed by atoms with Gasteiger partial charge in [-0.1, -0.05) is 6.92 Å². The maximum atomic E-state index is 12.6. The number of hydrogen-bond donors (Lipinski definition) is 2. The molecular weight excluding hydrogens is 334 g/mol. The predicted octanol–water partition coefficient (Wildman–Crippen LogP) is 1.73. The van der Waals surface area contributed by atoms with Gasteiger partial charge in [-0.15, -0.1) is 0 Å². The van der Waals surface area contributed by atoms with Gasteiger partial charge in [0, 0.05) is 30.6 Å². The number of benzene rings is 1. The van der Waals surface area contributed by atoms with E-state index in [0.717, 1.165) is 6.42 Å². The van der Waals surface area contributed by atoms with Crippen molar-refractivity contribution in [2.45, 2.75) is 46.1 Å². The minimum atomic E-state index is -0.633. The lowest BCUT2D eigenvalue weighted by Crippen LogP contribution is -2.45. The van der Waals surface area contributed by atoms with Crippen LogP contribution in [0.25, 0.3) is 0 Å². The van der Waals surface area contributed by atoms with Crippen LogP contribution in [0.3, 0.4) is 0 Å². The van der Waals surface area contributed by atoms with Gasteiger partial charge in [-0.05, 0) is 45.4 Å². The molecule has 2 rings (SSSR count).